The molecule has 0 aliphatic carbocycles. The topological polar surface area (TPSA) is 76.7 Å². The molecular weight excluding hydrogens is 435 g/mol. The van der Waals surface area contributed by atoms with E-state index in [4.69, 9.17) is 21.1 Å². The Morgan fingerprint density at radius 2 is 1.78 bits per heavy atom. The van der Waals surface area contributed by atoms with Crippen LogP contribution < -0.4 is 20.1 Å². The molecule has 8 heteroatoms. The lowest BCUT2D eigenvalue weighted by atomic mass is 10.1. The van der Waals surface area contributed by atoms with Crippen molar-refractivity contribution in [2.24, 2.45) is 0 Å². The van der Waals surface area contributed by atoms with E-state index in [9.17, 15) is 14.0 Å². The van der Waals surface area contributed by atoms with Gasteiger partial charge in [0.25, 0.3) is 11.8 Å². The van der Waals surface area contributed by atoms with Crippen LogP contribution in [0.1, 0.15) is 15.9 Å². The summed E-state index contributed by atoms with van der Waals surface area (Å²) in [5.41, 5.74) is 1.88. The predicted octanol–water partition coefficient (Wildman–Crippen LogP) is 4.48. The number of benzene rings is 3. The zero-order chi connectivity index (χ0) is 22.9. The van der Waals surface area contributed by atoms with Gasteiger partial charge in [-0.15, -0.1) is 0 Å². The largest absolute Gasteiger partial charge is 0.493 e. The van der Waals surface area contributed by atoms with Gasteiger partial charge < -0.3 is 20.1 Å². The van der Waals surface area contributed by atoms with Gasteiger partial charge in [-0.2, -0.15) is 0 Å². The number of carbonyl (C=O) groups excluding carboxylic acids is 2. The number of hydrogen-bond acceptors (Lipinski definition) is 4. The molecule has 0 radical (unpaired) electrons. The van der Waals surface area contributed by atoms with Crippen LogP contribution in [0, 0.1) is 5.82 Å². The van der Waals surface area contributed by atoms with Crippen LogP contribution in [0.3, 0.4) is 0 Å². The maximum Gasteiger partial charge on any atom is 0.262 e. The summed E-state index contributed by atoms with van der Waals surface area (Å²) in [4.78, 5) is 24.5. The minimum absolute atomic E-state index is 0.258. The lowest BCUT2D eigenvalue weighted by Gasteiger charge is -2.12. The molecule has 0 bridgehead atoms. The fourth-order valence-corrected chi connectivity index (χ4v) is 3.13. The van der Waals surface area contributed by atoms with Crippen molar-refractivity contribution in [3.8, 4) is 11.5 Å². The minimum Gasteiger partial charge on any atom is -0.493 e. The number of carbonyl (C=O) groups is 2. The minimum atomic E-state index is -0.415. The summed E-state index contributed by atoms with van der Waals surface area (Å²) >= 11 is 5.97. The Bertz CT molecular complexity index is 1090. The molecule has 2 amide bonds. The molecule has 166 valence electrons. The van der Waals surface area contributed by atoms with Crippen LogP contribution in [0.25, 0.3) is 0 Å². The number of anilines is 1. The highest BCUT2D eigenvalue weighted by molar-refractivity contribution is 6.30. The van der Waals surface area contributed by atoms with Crippen molar-refractivity contribution in [2.45, 2.75) is 6.42 Å². The molecule has 0 unspecified atom stereocenters. The molecule has 0 aliphatic heterocycles. The summed E-state index contributed by atoms with van der Waals surface area (Å²) in [5.74, 6) is -0.427. The van der Waals surface area contributed by atoms with Crippen molar-refractivity contribution in [1.29, 1.82) is 0 Å². The van der Waals surface area contributed by atoms with Crippen molar-refractivity contribution in [2.75, 3.05) is 25.6 Å². The van der Waals surface area contributed by atoms with E-state index < -0.39 is 11.7 Å². The number of ether oxygens (including phenoxy) is 2. The fraction of sp³-hybridized carbons (Fsp3) is 0.167. The second-order valence-electron chi connectivity index (χ2n) is 6.85. The third-order valence-corrected chi connectivity index (χ3v) is 4.74. The van der Waals surface area contributed by atoms with E-state index in [2.05, 4.69) is 10.6 Å². The van der Waals surface area contributed by atoms with E-state index in [-0.39, 0.29) is 12.5 Å². The number of rotatable bonds is 9. The van der Waals surface area contributed by atoms with Gasteiger partial charge in [-0.05, 0) is 66.6 Å². The van der Waals surface area contributed by atoms with Crippen molar-refractivity contribution >= 4 is 29.1 Å². The third-order valence-electron chi connectivity index (χ3n) is 4.50. The van der Waals surface area contributed by atoms with E-state index in [1.165, 1.54) is 31.4 Å². The Hall–Kier alpha value is -3.58. The molecule has 2 N–H and O–H groups in total. The number of methoxy groups -OCH3 is 1. The van der Waals surface area contributed by atoms with Gasteiger partial charge >= 0.3 is 0 Å². The van der Waals surface area contributed by atoms with Gasteiger partial charge in [-0.25, -0.2) is 4.39 Å². The van der Waals surface area contributed by atoms with E-state index in [1.54, 1.807) is 24.3 Å². The Kier molecular flexibility index (Phi) is 8.05. The maximum atomic E-state index is 12.9. The first-order valence-electron chi connectivity index (χ1n) is 9.83. The fourth-order valence-electron chi connectivity index (χ4n) is 2.92. The summed E-state index contributed by atoms with van der Waals surface area (Å²) in [6.07, 6.45) is 0.647. The van der Waals surface area contributed by atoms with Crippen LogP contribution in [0.2, 0.25) is 5.02 Å². The van der Waals surface area contributed by atoms with Gasteiger partial charge in [0.1, 0.15) is 5.82 Å². The molecule has 0 heterocycles. The molecule has 0 saturated heterocycles. The number of amides is 2. The monoisotopic (exact) mass is 456 g/mol. The molecule has 6 nitrogen and oxygen atoms in total. The summed E-state index contributed by atoms with van der Waals surface area (Å²) in [6.45, 7) is 0.169. The van der Waals surface area contributed by atoms with Crippen molar-refractivity contribution in [1.82, 2.24) is 5.32 Å². The zero-order valence-electron chi connectivity index (χ0n) is 17.4. The van der Waals surface area contributed by atoms with Crippen LogP contribution >= 0.6 is 11.6 Å². The Labute approximate surface area is 190 Å². The van der Waals surface area contributed by atoms with Crippen molar-refractivity contribution in [3.63, 3.8) is 0 Å². The van der Waals surface area contributed by atoms with E-state index >= 15 is 0 Å². The summed E-state index contributed by atoms with van der Waals surface area (Å²) in [7, 11) is 1.45. The Morgan fingerprint density at radius 3 is 2.50 bits per heavy atom. The van der Waals surface area contributed by atoms with Gasteiger partial charge in [0.15, 0.2) is 18.1 Å². The molecule has 0 aliphatic rings. The predicted molar refractivity (Wildman–Crippen MR) is 121 cm³/mol. The van der Waals surface area contributed by atoms with E-state index in [0.717, 1.165) is 5.56 Å². The zero-order valence-corrected chi connectivity index (χ0v) is 18.1. The van der Waals surface area contributed by atoms with Crippen LogP contribution in [-0.4, -0.2) is 32.1 Å². The van der Waals surface area contributed by atoms with Gasteiger partial charge in [0.05, 0.1) is 7.11 Å². The second kappa shape index (κ2) is 11.2. The molecule has 0 fully saturated rings. The average molecular weight is 457 g/mol. The Balaban J connectivity index is 1.53. The standard InChI is InChI=1S/C24H22ClFN2O4/c1-31-22-14-17(24(30)27-12-11-16-3-2-4-18(25)13-16)5-10-21(22)32-15-23(29)28-20-8-6-19(26)7-9-20/h2-10,13-14H,11-12,15H2,1H3,(H,27,30)(H,28,29). The van der Waals surface area contributed by atoms with Gasteiger partial charge in [0, 0.05) is 22.8 Å². The van der Waals surface area contributed by atoms with Crippen LogP contribution in [0.15, 0.2) is 66.7 Å². The van der Waals surface area contributed by atoms with Crippen molar-refractivity contribution in [3.05, 3.63) is 88.7 Å². The molecule has 3 rings (SSSR count). The normalized spacial score (nSPS) is 10.3. The molecule has 0 saturated carbocycles. The van der Waals surface area contributed by atoms with Gasteiger partial charge in [0.2, 0.25) is 0 Å². The quantitative estimate of drug-likeness (QED) is 0.498. The summed E-state index contributed by atoms with van der Waals surface area (Å²) in [6, 6.07) is 17.6. The molecule has 0 aromatic heterocycles. The molecule has 0 spiro atoms. The summed E-state index contributed by atoms with van der Waals surface area (Å²) in [5, 5.41) is 6.11. The molecule has 3 aromatic carbocycles. The van der Waals surface area contributed by atoms with E-state index in [1.807, 2.05) is 18.2 Å². The van der Waals surface area contributed by atoms with Gasteiger partial charge in [-0.1, -0.05) is 23.7 Å². The average Bonchev–Trinajstić information content (AvgIpc) is 2.79. The first-order chi connectivity index (χ1) is 15.4. The van der Waals surface area contributed by atoms with Crippen LogP contribution in [0.4, 0.5) is 10.1 Å². The Morgan fingerprint density at radius 1 is 1.00 bits per heavy atom. The smallest absolute Gasteiger partial charge is 0.262 e. The first kappa shape index (κ1) is 23.1. The second-order valence-corrected chi connectivity index (χ2v) is 7.28. The highest BCUT2D eigenvalue weighted by Crippen LogP contribution is 2.28. The van der Waals surface area contributed by atoms with Crippen LogP contribution in [0.5, 0.6) is 11.5 Å². The lowest BCUT2D eigenvalue weighted by Crippen LogP contribution is -2.25. The van der Waals surface area contributed by atoms with Gasteiger partial charge in [-0.3, -0.25) is 9.59 Å². The molecule has 32 heavy (non-hydrogen) atoms. The molecule has 0 atom stereocenters. The maximum absolute atomic E-state index is 12.9. The first-order valence-corrected chi connectivity index (χ1v) is 10.2. The third kappa shape index (κ3) is 6.72. The number of nitrogens with one attached hydrogen (secondary N) is 2. The number of halogens is 2. The lowest BCUT2D eigenvalue weighted by molar-refractivity contribution is -0.118. The highest BCUT2D eigenvalue weighted by atomic mass is 35.5. The number of hydrogen-bond donors (Lipinski definition) is 2. The summed E-state index contributed by atoms with van der Waals surface area (Å²) < 4.78 is 23.8. The molecule has 3 aromatic rings. The van der Waals surface area contributed by atoms with E-state index in [0.29, 0.717) is 40.7 Å². The van der Waals surface area contributed by atoms with Crippen molar-refractivity contribution < 1.29 is 23.5 Å². The highest BCUT2D eigenvalue weighted by Gasteiger charge is 2.13. The van der Waals surface area contributed by atoms with Crippen LogP contribution in [-0.2, 0) is 11.2 Å². The SMILES string of the molecule is COc1cc(C(=O)NCCc2cccc(Cl)c2)ccc1OCC(=O)Nc1ccc(F)cc1. The molecular formula is C24H22ClFN2O4.